The van der Waals surface area contributed by atoms with Gasteiger partial charge in [0.1, 0.15) is 5.78 Å². The van der Waals surface area contributed by atoms with Gasteiger partial charge in [-0.2, -0.15) is 0 Å². The number of benzene rings is 1. The van der Waals surface area contributed by atoms with E-state index in [2.05, 4.69) is 13.8 Å². The Hall–Kier alpha value is -1.64. The second-order valence-electron chi connectivity index (χ2n) is 5.39. The highest BCUT2D eigenvalue weighted by atomic mass is 16.2. The van der Waals surface area contributed by atoms with Gasteiger partial charge in [0.25, 0.3) is 0 Å². The Kier molecular flexibility index (Phi) is 4.28. The maximum Gasteiger partial charge on any atom is 0.223 e. The number of rotatable bonds is 4. The van der Waals surface area contributed by atoms with Gasteiger partial charge in [-0.3, -0.25) is 9.59 Å². The van der Waals surface area contributed by atoms with Crippen LogP contribution in [-0.2, 0) is 15.0 Å². The van der Waals surface area contributed by atoms with Gasteiger partial charge >= 0.3 is 0 Å². The van der Waals surface area contributed by atoms with Crippen LogP contribution < -0.4 is 4.90 Å². The first-order chi connectivity index (χ1) is 8.24. The number of ketones is 1. The molecular formula is C15H21NO2. The summed E-state index contributed by atoms with van der Waals surface area (Å²) in [6.07, 6.45) is 0.523. The largest absolute Gasteiger partial charge is 0.316 e. The van der Waals surface area contributed by atoms with E-state index in [9.17, 15) is 9.59 Å². The molecule has 0 unspecified atom stereocenters. The van der Waals surface area contributed by atoms with Crippen LogP contribution in [0.1, 0.15) is 39.7 Å². The monoisotopic (exact) mass is 247 g/mol. The van der Waals surface area contributed by atoms with Gasteiger partial charge in [0.2, 0.25) is 5.91 Å². The molecule has 0 aliphatic rings. The molecule has 98 valence electrons. The molecule has 1 rings (SSSR count). The van der Waals surface area contributed by atoms with Crippen LogP contribution in [0.2, 0.25) is 0 Å². The second kappa shape index (κ2) is 5.34. The molecule has 0 atom stereocenters. The zero-order valence-electron chi connectivity index (χ0n) is 11.8. The van der Waals surface area contributed by atoms with Crippen molar-refractivity contribution in [3.63, 3.8) is 0 Å². The average Bonchev–Trinajstić information content (AvgIpc) is 2.26. The molecule has 1 amide bonds. The molecule has 0 aliphatic carbocycles. The lowest BCUT2D eigenvalue weighted by molar-refractivity contribution is -0.118. The number of carbonyl (C=O) groups is 2. The topological polar surface area (TPSA) is 37.4 Å². The predicted molar refractivity (Wildman–Crippen MR) is 73.9 cm³/mol. The zero-order valence-corrected chi connectivity index (χ0v) is 11.8. The molecule has 0 heterocycles. The molecule has 0 saturated heterocycles. The molecule has 0 fully saturated rings. The van der Waals surface area contributed by atoms with E-state index in [0.29, 0.717) is 6.42 Å². The fourth-order valence-corrected chi connectivity index (χ4v) is 2.04. The van der Waals surface area contributed by atoms with Crippen molar-refractivity contribution in [3.8, 4) is 0 Å². The number of amides is 1. The Labute approximate surface area is 109 Å². The van der Waals surface area contributed by atoms with Crippen LogP contribution in [0.3, 0.4) is 0 Å². The first-order valence-corrected chi connectivity index (χ1v) is 6.08. The number of hydrogen-bond acceptors (Lipinski definition) is 2. The summed E-state index contributed by atoms with van der Waals surface area (Å²) in [5.41, 5.74) is 1.81. The molecule has 18 heavy (non-hydrogen) atoms. The van der Waals surface area contributed by atoms with Crippen LogP contribution in [0.25, 0.3) is 0 Å². The third-order valence-corrected chi connectivity index (χ3v) is 3.20. The lowest BCUT2D eigenvalue weighted by Gasteiger charge is -2.25. The van der Waals surface area contributed by atoms with Crippen molar-refractivity contribution in [2.45, 2.75) is 39.5 Å². The van der Waals surface area contributed by atoms with Gasteiger partial charge in [0.15, 0.2) is 0 Å². The summed E-state index contributed by atoms with van der Waals surface area (Å²) >= 11 is 0. The van der Waals surface area contributed by atoms with E-state index in [-0.39, 0.29) is 17.1 Å². The first kappa shape index (κ1) is 14.4. The molecule has 0 spiro atoms. The van der Waals surface area contributed by atoms with Crippen LogP contribution in [0.5, 0.6) is 0 Å². The van der Waals surface area contributed by atoms with Gasteiger partial charge in [0.05, 0.1) is 0 Å². The summed E-state index contributed by atoms with van der Waals surface area (Å²) in [5.74, 6) is 0.190. The van der Waals surface area contributed by atoms with Gasteiger partial charge in [0, 0.05) is 26.1 Å². The van der Waals surface area contributed by atoms with Gasteiger partial charge in [-0.1, -0.05) is 26.0 Å². The number of nitrogens with zero attached hydrogens (tertiary/aromatic N) is 1. The maximum absolute atomic E-state index is 11.3. The van der Waals surface area contributed by atoms with Crippen molar-refractivity contribution >= 4 is 17.4 Å². The zero-order chi connectivity index (χ0) is 13.9. The van der Waals surface area contributed by atoms with E-state index in [1.54, 1.807) is 18.9 Å². The number of anilines is 1. The Morgan fingerprint density at radius 3 is 2.00 bits per heavy atom. The molecule has 0 saturated carbocycles. The Bertz CT molecular complexity index is 446. The fourth-order valence-electron chi connectivity index (χ4n) is 2.04. The highest BCUT2D eigenvalue weighted by Crippen LogP contribution is 2.28. The lowest BCUT2D eigenvalue weighted by atomic mass is 9.80. The molecule has 0 radical (unpaired) electrons. The van der Waals surface area contributed by atoms with Crippen LogP contribution >= 0.6 is 0 Å². The number of hydrogen-bond donors (Lipinski definition) is 0. The van der Waals surface area contributed by atoms with Crippen molar-refractivity contribution in [1.29, 1.82) is 0 Å². The minimum Gasteiger partial charge on any atom is -0.316 e. The fraction of sp³-hybridized carbons (Fsp3) is 0.467. The normalized spacial score (nSPS) is 11.2. The van der Waals surface area contributed by atoms with Crippen molar-refractivity contribution < 1.29 is 9.59 Å². The second-order valence-corrected chi connectivity index (χ2v) is 5.39. The predicted octanol–water partition coefficient (Wildman–Crippen LogP) is 2.93. The summed E-state index contributed by atoms with van der Waals surface area (Å²) in [7, 11) is 1.75. The highest BCUT2D eigenvalue weighted by Gasteiger charge is 2.22. The smallest absolute Gasteiger partial charge is 0.223 e. The summed E-state index contributed by atoms with van der Waals surface area (Å²) < 4.78 is 0. The SMILES string of the molecule is CC(=O)CC(C)(C)c1ccc(N(C)C(C)=O)cc1. The van der Waals surface area contributed by atoms with Gasteiger partial charge in [-0.05, 0) is 30.0 Å². The van der Waals surface area contributed by atoms with Crippen molar-refractivity contribution in [2.75, 3.05) is 11.9 Å². The van der Waals surface area contributed by atoms with E-state index in [4.69, 9.17) is 0 Å². The molecule has 3 heteroatoms. The van der Waals surface area contributed by atoms with Crippen LogP contribution in [-0.4, -0.2) is 18.7 Å². The number of Topliss-reactive ketones (excluding diaryl/α,β-unsaturated/α-hetero) is 1. The van der Waals surface area contributed by atoms with Crippen molar-refractivity contribution in [2.24, 2.45) is 0 Å². The molecule has 0 bridgehead atoms. The van der Waals surface area contributed by atoms with E-state index >= 15 is 0 Å². The summed E-state index contributed by atoms with van der Waals surface area (Å²) in [4.78, 5) is 24.1. The summed E-state index contributed by atoms with van der Waals surface area (Å²) in [5, 5.41) is 0. The first-order valence-electron chi connectivity index (χ1n) is 6.08. The van der Waals surface area contributed by atoms with Crippen LogP contribution in [0.4, 0.5) is 5.69 Å². The third kappa shape index (κ3) is 3.42. The molecule has 1 aromatic carbocycles. The average molecular weight is 247 g/mol. The standard InChI is InChI=1S/C15H21NO2/c1-11(17)10-15(3,4)13-6-8-14(9-7-13)16(5)12(2)18/h6-9H,10H2,1-5H3. The van der Waals surface area contributed by atoms with Gasteiger partial charge < -0.3 is 4.90 Å². The van der Waals surface area contributed by atoms with E-state index < -0.39 is 0 Å². The quantitative estimate of drug-likeness (QED) is 0.820. The van der Waals surface area contributed by atoms with Gasteiger partial charge in [-0.25, -0.2) is 0 Å². The van der Waals surface area contributed by atoms with Gasteiger partial charge in [-0.15, -0.1) is 0 Å². The summed E-state index contributed by atoms with van der Waals surface area (Å²) in [6.45, 7) is 7.25. The Morgan fingerprint density at radius 2 is 1.61 bits per heavy atom. The molecule has 1 aromatic rings. The Balaban J connectivity index is 2.95. The van der Waals surface area contributed by atoms with E-state index in [1.165, 1.54) is 6.92 Å². The van der Waals surface area contributed by atoms with Crippen molar-refractivity contribution in [1.82, 2.24) is 0 Å². The highest BCUT2D eigenvalue weighted by molar-refractivity contribution is 5.90. The Morgan fingerprint density at radius 1 is 1.11 bits per heavy atom. The van der Waals surface area contributed by atoms with Crippen molar-refractivity contribution in [3.05, 3.63) is 29.8 Å². The molecule has 0 aromatic heterocycles. The molecule has 0 aliphatic heterocycles. The van der Waals surface area contributed by atoms with Crippen LogP contribution in [0, 0.1) is 0 Å². The third-order valence-electron chi connectivity index (χ3n) is 3.20. The number of carbonyl (C=O) groups excluding carboxylic acids is 2. The maximum atomic E-state index is 11.3. The summed E-state index contributed by atoms with van der Waals surface area (Å²) in [6, 6.07) is 7.80. The minimum absolute atomic E-state index is 0.00532. The van der Waals surface area contributed by atoms with E-state index in [1.807, 2.05) is 24.3 Å². The molecule has 0 N–H and O–H groups in total. The molecular weight excluding hydrogens is 226 g/mol. The molecule has 3 nitrogen and oxygen atoms in total. The minimum atomic E-state index is -0.168. The van der Waals surface area contributed by atoms with E-state index in [0.717, 1.165) is 11.3 Å². The van der Waals surface area contributed by atoms with Crippen LogP contribution in [0.15, 0.2) is 24.3 Å². The lowest BCUT2D eigenvalue weighted by Crippen LogP contribution is -2.23.